The Kier molecular flexibility index (Phi) is 3.60. The molecular weight excluding hydrogens is 232 g/mol. The first kappa shape index (κ1) is 12.5. The van der Waals surface area contributed by atoms with Crippen LogP contribution >= 0.6 is 0 Å². The maximum atomic E-state index is 11.8. The fraction of sp³-hybridized carbons (Fsp3) is 0.462. The molecule has 1 aromatic carbocycles. The number of ether oxygens (including phenoxy) is 2. The minimum atomic E-state index is -0.0206. The van der Waals surface area contributed by atoms with E-state index in [4.69, 9.17) is 15.2 Å². The Morgan fingerprint density at radius 2 is 2.22 bits per heavy atom. The lowest BCUT2D eigenvalue weighted by molar-refractivity contribution is -0.132. The minimum absolute atomic E-state index is 0.0174. The Hall–Kier alpha value is -1.91. The molecule has 1 aromatic rings. The van der Waals surface area contributed by atoms with E-state index in [0.29, 0.717) is 23.2 Å². The standard InChI is InChI=1S/C13H18N2O3/c1-15(9-3-4-9)13(16)8-18-12-6-5-10(17-2)7-11(12)14/h5-7,9H,3-4,8,14H2,1-2H3. The highest BCUT2D eigenvalue weighted by atomic mass is 16.5. The number of hydrogen-bond acceptors (Lipinski definition) is 4. The lowest BCUT2D eigenvalue weighted by Crippen LogP contribution is -2.33. The monoisotopic (exact) mass is 250 g/mol. The molecule has 0 unspecified atom stereocenters. The number of carbonyl (C=O) groups excluding carboxylic acids is 1. The van der Waals surface area contributed by atoms with Gasteiger partial charge in [-0.3, -0.25) is 4.79 Å². The van der Waals surface area contributed by atoms with Crippen LogP contribution in [0.25, 0.3) is 0 Å². The number of methoxy groups -OCH3 is 1. The molecule has 5 nitrogen and oxygen atoms in total. The van der Waals surface area contributed by atoms with Crippen LogP contribution in [0.4, 0.5) is 5.69 Å². The highest BCUT2D eigenvalue weighted by Gasteiger charge is 2.29. The number of rotatable bonds is 5. The van der Waals surface area contributed by atoms with Crippen LogP contribution in [0, 0.1) is 0 Å². The van der Waals surface area contributed by atoms with E-state index < -0.39 is 0 Å². The van der Waals surface area contributed by atoms with Gasteiger partial charge in [-0.1, -0.05) is 0 Å². The summed E-state index contributed by atoms with van der Waals surface area (Å²) in [6, 6.07) is 5.53. The van der Waals surface area contributed by atoms with E-state index in [1.54, 1.807) is 37.3 Å². The van der Waals surface area contributed by atoms with E-state index in [1.165, 1.54) is 0 Å². The van der Waals surface area contributed by atoms with Gasteiger partial charge in [0.05, 0.1) is 12.8 Å². The van der Waals surface area contributed by atoms with Crippen LogP contribution in [-0.4, -0.2) is 37.6 Å². The number of nitrogens with two attached hydrogens (primary N) is 1. The van der Waals surface area contributed by atoms with E-state index in [-0.39, 0.29) is 12.5 Å². The average molecular weight is 250 g/mol. The third-order valence-electron chi connectivity index (χ3n) is 3.06. The fourth-order valence-electron chi connectivity index (χ4n) is 1.69. The number of nitrogen functional groups attached to an aromatic ring is 1. The number of hydrogen-bond donors (Lipinski definition) is 1. The summed E-state index contributed by atoms with van der Waals surface area (Å²) in [5, 5.41) is 0. The predicted octanol–water partition coefficient (Wildman–Crippen LogP) is 1.28. The number of anilines is 1. The van der Waals surface area contributed by atoms with Crippen molar-refractivity contribution in [3.8, 4) is 11.5 Å². The SMILES string of the molecule is COc1ccc(OCC(=O)N(C)C2CC2)c(N)c1. The van der Waals surface area contributed by atoms with E-state index in [2.05, 4.69) is 0 Å². The van der Waals surface area contributed by atoms with Crippen LogP contribution in [-0.2, 0) is 4.79 Å². The van der Waals surface area contributed by atoms with Gasteiger partial charge in [0.15, 0.2) is 6.61 Å². The second-order valence-electron chi connectivity index (χ2n) is 4.43. The molecule has 2 N–H and O–H groups in total. The van der Waals surface area contributed by atoms with Crippen molar-refractivity contribution in [1.29, 1.82) is 0 Å². The molecule has 98 valence electrons. The normalized spacial score (nSPS) is 14.1. The maximum absolute atomic E-state index is 11.8. The molecule has 0 aliphatic heterocycles. The van der Waals surface area contributed by atoms with Crippen molar-refractivity contribution in [1.82, 2.24) is 4.90 Å². The highest BCUT2D eigenvalue weighted by molar-refractivity contribution is 5.78. The smallest absolute Gasteiger partial charge is 0.260 e. The molecule has 2 rings (SSSR count). The quantitative estimate of drug-likeness (QED) is 0.799. The summed E-state index contributed by atoms with van der Waals surface area (Å²) in [6.45, 7) is 0.0174. The first-order valence-corrected chi connectivity index (χ1v) is 5.94. The van der Waals surface area contributed by atoms with E-state index in [9.17, 15) is 4.79 Å². The zero-order chi connectivity index (χ0) is 13.1. The molecule has 0 saturated heterocycles. The van der Waals surface area contributed by atoms with Gasteiger partial charge in [0.2, 0.25) is 0 Å². The van der Waals surface area contributed by atoms with Crippen molar-refractivity contribution in [2.24, 2.45) is 0 Å². The zero-order valence-electron chi connectivity index (χ0n) is 10.7. The Bertz CT molecular complexity index is 444. The van der Waals surface area contributed by atoms with Gasteiger partial charge in [0.1, 0.15) is 11.5 Å². The molecule has 1 aliphatic carbocycles. The second kappa shape index (κ2) is 5.16. The summed E-state index contributed by atoms with van der Waals surface area (Å²) >= 11 is 0. The Labute approximate surface area is 106 Å². The van der Waals surface area contributed by atoms with Crippen LogP contribution in [0.1, 0.15) is 12.8 Å². The van der Waals surface area contributed by atoms with Crippen molar-refractivity contribution in [3.05, 3.63) is 18.2 Å². The third-order valence-corrected chi connectivity index (χ3v) is 3.06. The largest absolute Gasteiger partial charge is 0.497 e. The third kappa shape index (κ3) is 2.85. The van der Waals surface area contributed by atoms with Crippen molar-refractivity contribution >= 4 is 11.6 Å². The average Bonchev–Trinajstić information content (AvgIpc) is 3.20. The summed E-state index contributed by atoms with van der Waals surface area (Å²) in [5.74, 6) is 1.15. The first-order valence-electron chi connectivity index (χ1n) is 5.94. The van der Waals surface area contributed by atoms with E-state index in [0.717, 1.165) is 12.8 Å². The number of nitrogens with zero attached hydrogens (tertiary/aromatic N) is 1. The first-order chi connectivity index (χ1) is 8.61. The zero-order valence-corrected chi connectivity index (χ0v) is 10.7. The Balaban J connectivity index is 1.91. The molecule has 0 heterocycles. The van der Waals surface area contributed by atoms with Crippen LogP contribution in [0.5, 0.6) is 11.5 Å². The molecule has 0 spiro atoms. The lowest BCUT2D eigenvalue weighted by atomic mass is 10.3. The van der Waals surface area contributed by atoms with Gasteiger partial charge in [-0.05, 0) is 25.0 Å². The molecular formula is C13H18N2O3. The van der Waals surface area contributed by atoms with Crippen LogP contribution < -0.4 is 15.2 Å². The van der Waals surface area contributed by atoms with E-state index >= 15 is 0 Å². The lowest BCUT2D eigenvalue weighted by Gasteiger charge is -2.17. The minimum Gasteiger partial charge on any atom is -0.497 e. The Morgan fingerprint density at radius 1 is 1.50 bits per heavy atom. The summed E-state index contributed by atoms with van der Waals surface area (Å²) in [5.41, 5.74) is 6.27. The molecule has 0 bridgehead atoms. The molecule has 18 heavy (non-hydrogen) atoms. The molecule has 1 fully saturated rings. The van der Waals surface area contributed by atoms with Gasteiger partial charge in [0, 0.05) is 19.2 Å². The molecule has 5 heteroatoms. The second-order valence-corrected chi connectivity index (χ2v) is 4.43. The fourth-order valence-corrected chi connectivity index (χ4v) is 1.69. The van der Waals surface area contributed by atoms with Gasteiger partial charge in [-0.25, -0.2) is 0 Å². The molecule has 1 aliphatic rings. The summed E-state index contributed by atoms with van der Waals surface area (Å²) in [4.78, 5) is 13.5. The molecule has 0 aromatic heterocycles. The van der Waals surface area contributed by atoms with Gasteiger partial charge in [-0.2, -0.15) is 0 Å². The number of likely N-dealkylation sites (N-methyl/N-ethyl adjacent to an activating group) is 1. The number of amides is 1. The van der Waals surface area contributed by atoms with Crippen LogP contribution in [0.15, 0.2) is 18.2 Å². The maximum Gasteiger partial charge on any atom is 0.260 e. The Morgan fingerprint density at radius 3 is 2.78 bits per heavy atom. The summed E-state index contributed by atoms with van der Waals surface area (Å²) in [6.07, 6.45) is 2.18. The number of benzene rings is 1. The molecule has 1 amide bonds. The molecule has 0 radical (unpaired) electrons. The van der Waals surface area contributed by atoms with Crippen molar-refractivity contribution < 1.29 is 14.3 Å². The van der Waals surface area contributed by atoms with Crippen LogP contribution in [0.3, 0.4) is 0 Å². The van der Waals surface area contributed by atoms with Crippen molar-refractivity contribution in [2.45, 2.75) is 18.9 Å². The van der Waals surface area contributed by atoms with Gasteiger partial charge >= 0.3 is 0 Å². The van der Waals surface area contributed by atoms with Gasteiger partial charge < -0.3 is 20.1 Å². The van der Waals surface area contributed by atoms with Crippen molar-refractivity contribution in [2.75, 3.05) is 26.5 Å². The van der Waals surface area contributed by atoms with Crippen molar-refractivity contribution in [3.63, 3.8) is 0 Å². The molecule has 0 atom stereocenters. The number of carbonyl (C=O) groups is 1. The van der Waals surface area contributed by atoms with E-state index in [1.807, 2.05) is 0 Å². The molecule has 1 saturated carbocycles. The predicted molar refractivity (Wildman–Crippen MR) is 68.7 cm³/mol. The van der Waals surface area contributed by atoms with Crippen LogP contribution in [0.2, 0.25) is 0 Å². The van der Waals surface area contributed by atoms with Gasteiger partial charge in [-0.15, -0.1) is 0 Å². The highest BCUT2D eigenvalue weighted by Crippen LogP contribution is 2.27. The summed E-state index contributed by atoms with van der Waals surface area (Å²) in [7, 11) is 3.38. The van der Waals surface area contributed by atoms with Gasteiger partial charge in [0.25, 0.3) is 5.91 Å². The topological polar surface area (TPSA) is 64.8 Å². The summed E-state index contributed by atoms with van der Waals surface area (Å²) < 4.78 is 10.5.